The molecule has 0 aliphatic rings. The van der Waals surface area contributed by atoms with Gasteiger partial charge in [-0.25, -0.2) is 4.98 Å². The number of hydrogen-bond donors (Lipinski definition) is 4. The molecular weight excluding hydrogens is 448 g/mol. The average molecular weight is 475 g/mol. The Balaban J connectivity index is 1.44. The van der Waals surface area contributed by atoms with Crippen molar-refractivity contribution >= 4 is 34.4 Å². The van der Waals surface area contributed by atoms with Crippen molar-refractivity contribution in [2.24, 2.45) is 5.73 Å². The zero-order chi connectivity index (χ0) is 24.8. The van der Waals surface area contributed by atoms with Crippen LogP contribution in [0.2, 0.25) is 0 Å². The maximum Gasteiger partial charge on any atom is 0.255 e. The van der Waals surface area contributed by atoms with E-state index in [0.29, 0.717) is 59.4 Å². The van der Waals surface area contributed by atoms with Gasteiger partial charge in [-0.2, -0.15) is 4.98 Å². The number of nitrogens with one attached hydrogen (secondary N) is 3. The van der Waals surface area contributed by atoms with Gasteiger partial charge >= 0.3 is 0 Å². The summed E-state index contributed by atoms with van der Waals surface area (Å²) in [5.41, 5.74) is 8.06. The average Bonchev–Trinajstić information content (AvgIpc) is 3.16. The molecule has 4 aromatic rings. The van der Waals surface area contributed by atoms with E-state index in [4.69, 9.17) is 14.9 Å². The maximum absolute atomic E-state index is 12.1. The van der Waals surface area contributed by atoms with E-state index >= 15 is 0 Å². The first kappa shape index (κ1) is 23.7. The highest BCUT2D eigenvalue weighted by Gasteiger charge is 2.17. The molecule has 0 unspecified atom stereocenters. The molecule has 180 valence electrons. The first-order chi connectivity index (χ1) is 16.9. The molecule has 0 bridgehead atoms. The number of aromatic nitrogens is 2. The highest BCUT2D eigenvalue weighted by molar-refractivity contribution is 6.07. The fourth-order valence-corrected chi connectivity index (χ4v) is 3.58. The molecule has 0 aliphatic heterocycles. The number of hydrogen-bond acceptors (Lipinski definition) is 8. The molecule has 5 N–H and O–H groups in total. The van der Waals surface area contributed by atoms with Gasteiger partial charge in [0.15, 0.2) is 0 Å². The van der Waals surface area contributed by atoms with E-state index in [1.807, 2.05) is 24.3 Å². The van der Waals surface area contributed by atoms with Gasteiger partial charge in [0.1, 0.15) is 17.1 Å². The minimum absolute atomic E-state index is 0.202. The minimum Gasteiger partial charge on any atom is -0.460 e. The number of amides is 2. The predicted octanol–water partition coefficient (Wildman–Crippen LogP) is 3.39. The number of benzene rings is 2. The summed E-state index contributed by atoms with van der Waals surface area (Å²) in [4.78, 5) is 31.7. The number of nitrogens with two attached hydrogens (primary N) is 1. The first-order valence-corrected chi connectivity index (χ1v) is 11.0. The minimum atomic E-state index is -0.333. The van der Waals surface area contributed by atoms with Crippen molar-refractivity contribution in [1.82, 2.24) is 20.6 Å². The Kier molecular flexibility index (Phi) is 7.22. The van der Waals surface area contributed by atoms with Gasteiger partial charge in [-0.1, -0.05) is 12.1 Å². The number of carbonyl (C=O) groups excluding carboxylic acids is 2. The molecular formula is C25H26N6O4. The number of fused-ring (bicyclic) bond motifs is 1. The van der Waals surface area contributed by atoms with E-state index in [1.54, 1.807) is 44.4 Å². The molecule has 2 amide bonds. The largest absolute Gasteiger partial charge is 0.460 e. The van der Waals surface area contributed by atoms with Crippen LogP contribution in [0.25, 0.3) is 11.0 Å². The van der Waals surface area contributed by atoms with Crippen LogP contribution in [0, 0.1) is 6.92 Å². The van der Waals surface area contributed by atoms with Crippen LogP contribution in [0.3, 0.4) is 0 Å². The lowest BCUT2D eigenvalue weighted by Crippen LogP contribution is -2.21. The second-order valence-corrected chi connectivity index (χ2v) is 7.81. The molecule has 0 saturated heterocycles. The van der Waals surface area contributed by atoms with Gasteiger partial charge in [0.05, 0.1) is 5.56 Å². The van der Waals surface area contributed by atoms with Crippen molar-refractivity contribution in [3.8, 4) is 11.6 Å². The van der Waals surface area contributed by atoms with E-state index < -0.39 is 0 Å². The second-order valence-electron chi connectivity index (χ2n) is 7.81. The predicted molar refractivity (Wildman–Crippen MR) is 132 cm³/mol. The first-order valence-electron chi connectivity index (χ1n) is 11.0. The van der Waals surface area contributed by atoms with Crippen LogP contribution in [0.5, 0.6) is 11.6 Å². The number of carbonyl (C=O) groups is 2. The van der Waals surface area contributed by atoms with Gasteiger partial charge in [-0.15, -0.1) is 0 Å². The summed E-state index contributed by atoms with van der Waals surface area (Å²) in [5, 5.41) is 9.69. The molecule has 0 aliphatic carbocycles. The van der Waals surface area contributed by atoms with Crippen LogP contribution in [0.15, 0.2) is 59.1 Å². The van der Waals surface area contributed by atoms with E-state index in [1.165, 1.54) is 0 Å². The van der Waals surface area contributed by atoms with Crippen LogP contribution in [-0.2, 0) is 11.3 Å². The summed E-state index contributed by atoms with van der Waals surface area (Å²) in [6.07, 6.45) is 1.89. The molecule has 0 radical (unpaired) electrons. The zero-order valence-corrected chi connectivity index (χ0v) is 19.4. The number of rotatable bonds is 10. The Morgan fingerprint density at radius 1 is 1.14 bits per heavy atom. The van der Waals surface area contributed by atoms with Gasteiger partial charge in [-0.3, -0.25) is 9.59 Å². The fraction of sp³-hybridized carbons (Fsp3) is 0.200. The molecule has 0 atom stereocenters. The molecule has 35 heavy (non-hydrogen) atoms. The molecule has 10 heteroatoms. The molecule has 2 aromatic heterocycles. The third kappa shape index (κ3) is 5.92. The monoisotopic (exact) mass is 474 g/mol. The summed E-state index contributed by atoms with van der Waals surface area (Å²) in [5.74, 6) is 1.24. The highest BCUT2D eigenvalue weighted by Crippen LogP contribution is 2.30. The summed E-state index contributed by atoms with van der Waals surface area (Å²) < 4.78 is 11.7. The third-order valence-corrected chi connectivity index (χ3v) is 5.20. The standard InChI is InChI=1S/C25H26N6O4/c1-15-23(24(33)27-2)19-7-6-18(13-20(19)34-15)35-22-9-11-29-25(31-22)30-17-5-3-4-16(12-17)14-28-10-8-21(26)32/h3-7,9,11-13,28H,8,10,14H2,1-2H3,(H2,26,32)(H,27,33)(H,29,30,31). The van der Waals surface area contributed by atoms with E-state index in [9.17, 15) is 9.59 Å². The van der Waals surface area contributed by atoms with Crippen LogP contribution in [0.1, 0.15) is 28.1 Å². The van der Waals surface area contributed by atoms with Crippen molar-refractivity contribution in [2.75, 3.05) is 18.9 Å². The smallest absolute Gasteiger partial charge is 0.255 e. The van der Waals surface area contributed by atoms with Crippen molar-refractivity contribution in [2.45, 2.75) is 19.9 Å². The van der Waals surface area contributed by atoms with Crippen LogP contribution in [-0.4, -0.2) is 35.4 Å². The van der Waals surface area contributed by atoms with Gasteiger partial charge in [0.2, 0.25) is 17.7 Å². The quantitative estimate of drug-likeness (QED) is 0.256. The second kappa shape index (κ2) is 10.7. The molecule has 2 aromatic carbocycles. The summed E-state index contributed by atoms with van der Waals surface area (Å²) in [7, 11) is 1.58. The Morgan fingerprint density at radius 2 is 2.00 bits per heavy atom. The Morgan fingerprint density at radius 3 is 2.80 bits per heavy atom. The highest BCUT2D eigenvalue weighted by atomic mass is 16.5. The third-order valence-electron chi connectivity index (χ3n) is 5.20. The van der Waals surface area contributed by atoms with E-state index in [0.717, 1.165) is 11.3 Å². The van der Waals surface area contributed by atoms with E-state index in [-0.39, 0.29) is 11.8 Å². The summed E-state index contributed by atoms with van der Waals surface area (Å²) in [6, 6.07) is 14.7. The van der Waals surface area contributed by atoms with Gasteiger partial charge in [-0.05, 0) is 36.8 Å². The Labute approximate surface area is 201 Å². The number of anilines is 2. The van der Waals surface area contributed by atoms with Crippen molar-refractivity contribution in [3.05, 3.63) is 71.6 Å². The number of furan rings is 1. The van der Waals surface area contributed by atoms with Gasteiger partial charge < -0.3 is 30.8 Å². The number of ether oxygens (including phenoxy) is 1. The Bertz CT molecular complexity index is 1370. The number of aryl methyl sites for hydroxylation is 1. The lowest BCUT2D eigenvalue weighted by Gasteiger charge is -2.09. The lowest BCUT2D eigenvalue weighted by atomic mass is 10.1. The SMILES string of the molecule is CNC(=O)c1c(C)oc2cc(Oc3ccnc(Nc4cccc(CNCCC(N)=O)c4)n3)ccc12. The van der Waals surface area contributed by atoms with Gasteiger partial charge in [0, 0.05) is 56.0 Å². The van der Waals surface area contributed by atoms with Crippen molar-refractivity contribution in [3.63, 3.8) is 0 Å². The maximum atomic E-state index is 12.1. The molecule has 4 rings (SSSR count). The normalized spacial score (nSPS) is 10.8. The molecule has 0 saturated carbocycles. The lowest BCUT2D eigenvalue weighted by molar-refractivity contribution is -0.117. The number of primary amides is 1. The Hall–Kier alpha value is -4.44. The summed E-state index contributed by atoms with van der Waals surface area (Å²) >= 11 is 0. The zero-order valence-electron chi connectivity index (χ0n) is 19.4. The molecule has 10 nitrogen and oxygen atoms in total. The van der Waals surface area contributed by atoms with E-state index in [2.05, 4.69) is 25.9 Å². The molecule has 0 spiro atoms. The topological polar surface area (TPSA) is 144 Å². The number of nitrogens with zero attached hydrogens (tertiary/aromatic N) is 2. The molecule has 2 heterocycles. The van der Waals surface area contributed by atoms with Crippen LogP contribution in [0.4, 0.5) is 11.6 Å². The van der Waals surface area contributed by atoms with Crippen LogP contribution < -0.4 is 26.4 Å². The van der Waals surface area contributed by atoms with Crippen molar-refractivity contribution < 1.29 is 18.7 Å². The van der Waals surface area contributed by atoms with Gasteiger partial charge in [0.25, 0.3) is 5.91 Å². The van der Waals surface area contributed by atoms with Crippen molar-refractivity contribution in [1.29, 1.82) is 0 Å². The van der Waals surface area contributed by atoms with Crippen LogP contribution >= 0.6 is 0 Å². The summed E-state index contributed by atoms with van der Waals surface area (Å²) in [6.45, 7) is 2.87. The molecule has 0 fully saturated rings. The fourth-order valence-electron chi connectivity index (χ4n) is 3.58.